The molecule has 2 rings (SSSR count). The largest absolute Gasteiger partial charge is 0.480 e. The first kappa shape index (κ1) is 10.4. The Kier molecular flexibility index (Phi) is 2.47. The zero-order valence-corrected chi connectivity index (χ0v) is 9.08. The Balaban J connectivity index is 2.45. The van der Waals surface area contributed by atoms with E-state index in [1.165, 1.54) is 0 Å². The van der Waals surface area contributed by atoms with Gasteiger partial charge in [0.05, 0.1) is 5.52 Å². The average Bonchev–Trinajstić information content (AvgIpc) is 2.56. The average molecular weight is 220 g/mol. The fraction of sp³-hybridized carbons (Fsp3) is 0.300. The van der Waals surface area contributed by atoms with Gasteiger partial charge in [0, 0.05) is 20.3 Å². The van der Waals surface area contributed by atoms with Gasteiger partial charge in [-0.25, -0.2) is 4.98 Å². The van der Waals surface area contributed by atoms with Crippen LogP contribution >= 0.6 is 0 Å². The number of aromatic nitrogens is 3. The van der Waals surface area contributed by atoms with Gasteiger partial charge in [-0.1, -0.05) is 0 Å². The molecule has 0 bridgehead atoms. The van der Waals surface area contributed by atoms with Crippen LogP contribution in [0.15, 0.2) is 18.3 Å². The summed E-state index contributed by atoms with van der Waals surface area (Å²) in [6.45, 7) is -0.0861. The molecule has 0 radical (unpaired) electrons. The number of imidazole rings is 1. The van der Waals surface area contributed by atoms with Gasteiger partial charge >= 0.3 is 5.97 Å². The van der Waals surface area contributed by atoms with E-state index in [9.17, 15) is 4.79 Å². The molecular weight excluding hydrogens is 208 g/mol. The third kappa shape index (κ3) is 1.69. The fourth-order valence-corrected chi connectivity index (χ4v) is 1.63. The van der Waals surface area contributed by atoms with Crippen molar-refractivity contribution in [3.63, 3.8) is 0 Å². The fourth-order valence-electron chi connectivity index (χ4n) is 1.63. The van der Waals surface area contributed by atoms with Crippen LogP contribution < -0.4 is 4.90 Å². The van der Waals surface area contributed by atoms with Crippen LogP contribution in [0.2, 0.25) is 0 Å². The summed E-state index contributed by atoms with van der Waals surface area (Å²) in [5.41, 5.74) is 1.51. The van der Waals surface area contributed by atoms with E-state index in [0.29, 0.717) is 11.6 Å². The molecule has 0 aromatic carbocycles. The molecule has 2 aromatic rings. The zero-order chi connectivity index (χ0) is 11.7. The summed E-state index contributed by atoms with van der Waals surface area (Å²) in [6, 6.07) is 3.72. The molecule has 0 aliphatic heterocycles. The molecule has 6 nitrogen and oxygen atoms in total. The van der Waals surface area contributed by atoms with Gasteiger partial charge in [-0.3, -0.25) is 4.79 Å². The summed E-state index contributed by atoms with van der Waals surface area (Å²) >= 11 is 0. The number of nitrogens with zero attached hydrogens (tertiary/aromatic N) is 4. The Hall–Kier alpha value is -2.11. The molecule has 16 heavy (non-hydrogen) atoms. The predicted octanol–water partition coefficient (Wildman–Crippen LogP) is 0.489. The maximum atomic E-state index is 10.6. The minimum Gasteiger partial charge on any atom is -0.480 e. The molecule has 0 amide bonds. The van der Waals surface area contributed by atoms with Gasteiger partial charge in [-0.15, -0.1) is 0 Å². The maximum absolute atomic E-state index is 10.6. The summed E-state index contributed by atoms with van der Waals surface area (Å²) in [7, 11) is 3.53. The molecule has 2 aromatic heterocycles. The number of pyridine rings is 1. The van der Waals surface area contributed by atoms with Crippen molar-refractivity contribution in [1.82, 2.24) is 14.5 Å². The van der Waals surface area contributed by atoms with Crippen molar-refractivity contribution in [2.24, 2.45) is 7.05 Å². The molecule has 0 aliphatic carbocycles. The third-order valence-electron chi connectivity index (χ3n) is 2.35. The van der Waals surface area contributed by atoms with Crippen LogP contribution in [0.5, 0.6) is 0 Å². The van der Waals surface area contributed by atoms with Crippen LogP contribution in [-0.2, 0) is 11.8 Å². The number of carbonyl (C=O) groups is 1. The first-order valence-corrected chi connectivity index (χ1v) is 4.80. The van der Waals surface area contributed by atoms with E-state index in [2.05, 4.69) is 9.97 Å². The summed E-state index contributed by atoms with van der Waals surface area (Å²) < 4.78 is 1.82. The van der Waals surface area contributed by atoms with Gasteiger partial charge in [-0.2, -0.15) is 4.98 Å². The Morgan fingerprint density at radius 2 is 2.38 bits per heavy atom. The molecular formula is C10H12N4O2. The molecule has 0 saturated carbocycles. The summed E-state index contributed by atoms with van der Waals surface area (Å²) in [6.07, 6.45) is 1.66. The molecule has 0 fully saturated rings. The van der Waals surface area contributed by atoms with E-state index in [0.717, 1.165) is 5.52 Å². The van der Waals surface area contributed by atoms with E-state index >= 15 is 0 Å². The normalized spacial score (nSPS) is 10.6. The first-order chi connectivity index (χ1) is 7.59. The van der Waals surface area contributed by atoms with Crippen molar-refractivity contribution in [2.75, 3.05) is 18.5 Å². The van der Waals surface area contributed by atoms with Crippen molar-refractivity contribution in [2.45, 2.75) is 0 Å². The number of fused-ring (bicyclic) bond motifs is 1. The molecule has 0 saturated heterocycles. The van der Waals surface area contributed by atoms with Gasteiger partial charge in [0.1, 0.15) is 6.54 Å². The molecule has 2 heterocycles. The van der Waals surface area contributed by atoms with Crippen molar-refractivity contribution in [3.05, 3.63) is 18.3 Å². The molecule has 84 valence electrons. The van der Waals surface area contributed by atoms with E-state index in [4.69, 9.17) is 5.11 Å². The summed E-state index contributed by atoms with van der Waals surface area (Å²) in [5, 5.41) is 8.72. The summed E-state index contributed by atoms with van der Waals surface area (Å²) in [4.78, 5) is 20.6. The van der Waals surface area contributed by atoms with E-state index in [-0.39, 0.29) is 6.54 Å². The predicted molar refractivity (Wildman–Crippen MR) is 59.4 cm³/mol. The van der Waals surface area contributed by atoms with E-state index < -0.39 is 5.97 Å². The Bertz CT molecular complexity index is 535. The zero-order valence-electron chi connectivity index (χ0n) is 9.08. The number of carboxylic acids is 1. The van der Waals surface area contributed by atoms with Crippen LogP contribution in [-0.4, -0.2) is 39.2 Å². The van der Waals surface area contributed by atoms with Gasteiger partial charge in [0.2, 0.25) is 5.95 Å². The van der Waals surface area contributed by atoms with Crippen molar-refractivity contribution in [1.29, 1.82) is 0 Å². The lowest BCUT2D eigenvalue weighted by Gasteiger charge is -2.15. The van der Waals surface area contributed by atoms with Crippen LogP contribution in [0.1, 0.15) is 0 Å². The lowest BCUT2D eigenvalue weighted by molar-refractivity contribution is -0.135. The number of aliphatic carboxylic acids is 1. The Morgan fingerprint density at radius 1 is 1.62 bits per heavy atom. The first-order valence-electron chi connectivity index (χ1n) is 4.80. The number of rotatable bonds is 3. The van der Waals surface area contributed by atoms with Gasteiger partial charge in [0.15, 0.2) is 5.65 Å². The molecule has 0 aliphatic rings. The lowest BCUT2D eigenvalue weighted by Crippen LogP contribution is -2.27. The van der Waals surface area contributed by atoms with E-state index in [1.54, 1.807) is 18.1 Å². The minimum atomic E-state index is -0.887. The Morgan fingerprint density at radius 3 is 3.00 bits per heavy atom. The van der Waals surface area contributed by atoms with Gasteiger partial charge in [-0.05, 0) is 12.1 Å². The molecule has 0 atom stereocenters. The number of carboxylic acid groups (broad SMARTS) is 1. The highest BCUT2D eigenvalue weighted by Crippen LogP contribution is 2.17. The third-order valence-corrected chi connectivity index (χ3v) is 2.35. The second-order valence-corrected chi connectivity index (χ2v) is 3.57. The number of anilines is 1. The lowest BCUT2D eigenvalue weighted by atomic mass is 10.4. The highest BCUT2D eigenvalue weighted by molar-refractivity contribution is 5.77. The van der Waals surface area contributed by atoms with Crippen molar-refractivity contribution in [3.8, 4) is 0 Å². The highest BCUT2D eigenvalue weighted by atomic mass is 16.4. The van der Waals surface area contributed by atoms with Gasteiger partial charge < -0.3 is 14.6 Å². The smallest absolute Gasteiger partial charge is 0.323 e. The van der Waals surface area contributed by atoms with Gasteiger partial charge in [0.25, 0.3) is 0 Å². The molecule has 6 heteroatoms. The summed E-state index contributed by atoms with van der Waals surface area (Å²) in [5.74, 6) is -0.293. The van der Waals surface area contributed by atoms with Crippen molar-refractivity contribution >= 4 is 23.1 Å². The molecule has 1 N–H and O–H groups in total. The number of aryl methyl sites for hydroxylation is 1. The topological polar surface area (TPSA) is 71.2 Å². The monoisotopic (exact) mass is 220 g/mol. The number of hydrogen-bond donors (Lipinski definition) is 1. The maximum Gasteiger partial charge on any atom is 0.323 e. The number of likely N-dealkylation sites (N-methyl/N-ethyl adjacent to an activating group) is 1. The van der Waals surface area contributed by atoms with Crippen LogP contribution in [0, 0.1) is 0 Å². The highest BCUT2D eigenvalue weighted by Gasteiger charge is 2.13. The van der Waals surface area contributed by atoms with Crippen molar-refractivity contribution < 1.29 is 9.90 Å². The van der Waals surface area contributed by atoms with E-state index in [1.807, 2.05) is 23.7 Å². The Labute approximate surface area is 92.1 Å². The SMILES string of the molecule is CN(CC(=O)O)c1nc2ncccc2n1C. The quantitative estimate of drug-likeness (QED) is 0.815. The van der Waals surface area contributed by atoms with Crippen LogP contribution in [0.3, 0.4) is 0 Å². The standard InChI is InChI=1S/C10H12N4O2/c1-13(6-8(15)16)10-12-9-7(14(10)2)4-3-5-11-9/h3-5H,6H2,1-2H3,(H,15,16). The second-order valence-electron chi connectivity index (χ2n) is 3.57. The van der Waals surface area contributed by atoms with Crippen LogP contribution in [0.4, 0.5) is 5.95 Å². The number of hydrogen-bond acceptors (Lipinski definition) is 4. The molecule has 0 unspecified atom stereocenters. The minimum absolute atomic E-state index is 0.0861. The van der Waals surface area contributed by atoms with Crippen LogP contribution in [0.25, 0.3) is 11.2 Å². The second kappa shape index (κ2) is 3.80. The molecule has 0 spiro atoms.